The maximum Gasteiger partial charge on any atom is 0.227 e. The molecule has 5 heteroatoms. The van der Waals surface area contributed by atoms with E-state index in [1.54, 1.807) is 13.3 Å². The average Bonchev–Trinajstić information content (AvgIpc) is 3.36. The van der Waals surface area contributed by atoms with Gasteiger partial charge in [-0.05, 0) is 48.1 Å². The Labute approximate surface area is 177 Å². The summed E-state index contributed by atoms with van der Waals surface area (Å²) >= 11 is 0. The molecule has 1 aliphatic heterocycles. The molecular weight excluding hydrogens is 374 g/mol. The van der Waals surface area contributed by atoms with Gasteiger partial charge in [-0.25, -0.2) is 4.98 Å². The Kier molecular flexibility index (Phi) is 5.71. The summed E-state index contributed by atoms with van der Waals surface area (Å²) in [5, 5.41) is 2.24. The second-order valence-electron chi connectivity index (χ2n) is 8.56. The van der Waals surface area contributed by atoms with Gasteiger partial charge in [-0.2, -0.15) is 0 Å². The number of rotatable bonds is 6. The molecule has 0 aliphatic carbocycles. The monoisotopic (exact) mass is 402 g/mol. The maximum atomic E-state index is 12.6. The van der Waals surface area contributed by atoms with Gasteiger partial charge in [0, 0.05) is 18.5 Å². The number of hydrogen-bond acceptors (Lipinski definition) is 3. The Hall–Kier alpha value is -2.95. The van der Waals surface area contributed by atoms with Gasteiger partial charge in [0.25, 0.3) is 0 Å². The lowest BCUT2D eigenvalue weighted by molar-refractivity contribution is -0.129. The number of carbonyl (C=O) groups is 2. The number of aromatic amines is 1. The number of carbonyl (C=O) groups excluding carboxylic acids is 2. The number of nitrogens with zero attached hydrogens (tertiary/aromatic N) is 2. The molecular formula is C25H28N3O2. The molecule has 0 spiro atoms. The fourth-order valence-electron chi connectivity index (χ4n) is 4.21. The zero-order chi connectivity index (χ0) is 21.3. The molecule has 155 valence electrons. The third-order valence-corrected chi connectivity index (χ3v) is 5.59. The van der Waals surface area contributed by atoms with Crippen molar-refractivity contribution in [1.82, 2.24) is 14.9 Å². The van der Waals surface area contributed by atoms with Crippen LogP contribution in [-0.4, -0.2) is 33.1 Å². The standard InChI is InChI=1S/C25H28N3O2/c1-16(2)11-24(30)28-10-4-5-23(28)25-26-15-22(27-25)21-9-8-19-13-18(12-17(3)29)6-7-20(19)14-21/h6-9,11,13-16,23H,4-5,10,12H2,1-3H3,(H,26,27). The quantitative estimate of drug-likeness (QED) is 0.639. The molecule has 2 heterocycles. The predicted molar refractivity (Wildman–Crippen MR) is 119 cm³/mol. The number of likely N-dealkylation sites (tertiary alicyclic amines) is 1. The van der Waals surface area contributed by atoms with E-state index in [4.69, 9.17) is 0 Å². The first-order valence-corrected chi connectivity index (χ1v) is 10.6. The molecule has 1 atom stereocenters. The number of fused-ring (bicyclic) bond motifs is 1. The zero-order valence-corrected chi connectivity index (χ0v) is 17.8. The smallest absolute Gasteiger partial charge is 0.227 e. The highest BCUT2D eigenvalue weighted by molar-refractivity contribution is 5.89. The van der Waals surface area contributed by atoms with Crippen LogP contribution in [0.5, 0.6) is 0 Å². The largest absolute Gasteiger partial charge is 0.340 e. The fraction of sp³-hybridized carbons (Fsp3) is 0.360. The van der Waals surface area contributed by atoms with Crippen LogP contribution >= 0.6 is 0 Å². The van der Waals surface area contributed by atoms with E-state index in [0.29, 0.717) is 6.42 Å². The zero-order valence-electron chi connectivity index (χ0n) is 17.8. The molecule has 1 saturated heterocycles. The topological polar surface area (TPSA) is 66.1 Å². The van der Waals surface area contributed by atoms with Crippen LogP contribution in [0.2, 0.25) is 0 Å². The number of aromatic nitrogens is 2. The van der Waals surface area contributed by atoms with Crippen molar-refractivity contribution in [3.8, 4) is 11.3 Å². The lowest BCUT2D eigenvalue weighted by Crippen LogP contribution is -2.32. The van der Waals surface area contributed by atoms with Gasteiger partial charge in [0.2, 0.25) is 5.91 Å². The van der Waals surface area contributed by atoms with Crippen molar-refractivity contribution in [3.63, 3.8) is 0 Å². The first-order chi connectivity index (χ1) is 14.4. The number of imidazole rings is 1. The first kappa shape index (κ1) is 20.3. The molecule has 1 aromatic heterocycles. The molecule has 5 nitrogen and oxygen atoms in total. The number of ketones is 1. The van der Waals surface area contributed by atoms with Gasteiger partial charge in [0.15, 0.2) is 0 Å². The molecule has 1 fully saturated rings. The minimum atomic E-state index is 0.0100. The maximum absolute atomic E-state index is 12.6. The van der Waals surface area contributed by atoms with Gasteiger partial charge < -0.3 is 9.88 Å². The van der Waals surface area contributed by atoms with E-state index < -0.39 is 0 Å². The number of hydrogen-bond donors (Lipinski definition) is 1. The summed E-state index contributed by atoms with van der Waals surface area (Å²) in [5.41, 5.74) is 3.05. The number of H-pyrrole nitrogens is 1. The van der Waals surface area contributed by atoms with Crippen LogP contribution < -0.4 is 0 Å². The number of nitrogens with one attached hydrogen (secondary N) is 1. The number of Topliss-reactive ketones (excluding diaryl/α,β-unsaturated/α-hetero) is 1. The number of benzene rings is 2. The molecule has 1 radical (unpaired) electrons. The first-order valence-electron chi connectivity index (χ1n) is 10.6. The van der Waals surface area contributed by atoms with E-state index >= 15 is 0 Å². The number of amides is 1. The van der Waals surface area contributed by atoms with Crippen LogP contribution in [0.1, 0.15) is 51.0 Å². The van der Waals surface area contributed by atoms with Crippen LogP contribution in [0, 0.1) is 12.3 Å². The van der Waals surface area contributed by atoms with Crippen LogP contribution in [0.25, 0.3) is 22.0 Å². The summed E-state index contributed by atoms with van der Waals surface area (Å²) in [6, 6.07) is 12.4. The molecule has 1 aliphatic rings. The van der Waals surface area contributed by atoms with Crippen molar-refractivity contribution in [1.29, 1.82) is 0 Å². The lowest BCUT2D eigenvalue weighted by Gasteiger charge is -2.23. The Morgan fingerprint density at radius 2 is 1.97 bits per heavy atom. The second-order valence-corrected chi connectivity index (χ2v) is 8.56. The van der Waals surface area contributed by atoms with Crippen molar-refractivity contribution in [2.75, 3.05) is 6.54 Å². The Bertz CT molecular complexity index is 1080. The average molecular weight is 403 g/mol. The van der Waals surface area contributed by atoms with Crippen molar-refractivity contribution in [2.24, 2.45) is 5.92 Å². The van der Waals surface area contributed by atoms with Crippen LogP contribution in [0.4, 0.5) is 0 Å². The molecule has 2 aromatic carbocycles. The third-order valence-electron chi connectivity index (χ3n) is 5.59. The summed E-state index contributed by atoms with van der Waals surface area (Å²) in [4.78, 5) is 33.9. The summed E-state index contributed by atoms with van der Waals surface area (Å²) in [6.07, 6.45) is 6.03. The van der Waals surface area contributed by atoms with E-state index in [9.17, 15) is 9.59 Å². The summed E-state index contributed by atoms with van der Waals surface area (Å²) in [6.45, 7) is 6.44. The Balaban J connectivity index is 1.56. The fourth-order valence-corrected chi connectivity index (χ4v) is 4.21. The highest BCUT2D eigenvalue weighted by Crippen LogP contribution is 2.33. The van der Waals surface area contributed by atoms with Gasteiger partial charge in [-0.1, -0.05) is 44.2 Å². The molecule has 0 bridgehead atoms. The van der Waals surface area contributed by atoms with Gasteiger partial charge in [0.1, 0.15) is 11.6 Å². The van der Waals surface area contributed by atoms with Crippen molar-refractivity contribution < 1.29 is 9.59 Å². The summed E-state index contributed by atoms with van der Waals surface area (Å²) < 4.78 is 0. The minimum Gasteiger partial charge on any atom is -0.340 e. The SMILES string of the molecule is CC(=O)Cc1ccc2cc(-c3cnc(C4CCCN4C(=O)[CH]C(C)C)[nH]3)ccc2c1. The van der Waals surface area contributed by atoms with Gasteiger partial charge >= 0.3 is 0 Å². The minimum absolute atomic E-state index is 0.0100. The summed E-state index contributed by atoms with van der Waals surface area (Å²) in [5.74, 6) is 1.35. The van der Waals surface area contributed by atoms with Crippen LogP contribution in [0.3, 0.4) is 0 Å². The molecule has 3 aromatic rings. The highest BCUT2D eigenvalue weighted by atomic mass is 16.2. The Morgan fingerprint density at radius 3 is 2.73 bits per heavy atom. The van der Waals surface area contributed by atoms with Crippen molar-refractivity contribution >= 4 is 22.5 Å². The molecule has 4 rings (SSSR count). The van der Waals surface area contributed by atoms with Crippen LogP contribution in [-0.2, 0) is 16.0 Å². The van der Waals surface area contributed by atoms with Gasteiger partial charge in [0.05, 0.1) is 24.4 Å². The molecule has 1 N–H and O–H groups in total. The van der Waals surface area contributed by atoms with E-state index in [1.807, 2.05) is 31.0 Å². The van der Waals surface area contributed by atoms with Gasteiger partial charge in [-0.15, -0.1) is 0 Å². The second kappa shape index (κ2) is 8.42. The molecule has 1 unspecified atom stereocenters. The van der Waals surface area contributed by atoms with Crippen LogP contribution in [0.15, 0.2) is 42.6 Å². The Morgan fingerprint density at radius 1 is 1.20 bits per heavy atom. The normalized spacial score (nSPS) is 16.5. The van der Waals surface area contributed by atoms with Crippen molar-refractivity contribution in [2.45, 2.75) is 46.1 Å². The third kappa shape index (κ3) is 4.30. The molecule has 30 heavy (non-hydrogen) atoms. The van der Waals surface area contributed by atoms with Crippen molar-refractivity contribution in [3.05, 3.63) is 60.4 Å². The summed E-state index contributed by atoms with van der Waals surface area (Å²) in [7, 11) is 0. The van der Waals surface area contributed by atoms with E-state index in [2.05, 4.69) is 40.3 Å². The highest BCUT2D eigenvalue weighted by Gasteiger charge is 2.32. The predicted octanol–water partition coefficient (Wildman–Crippen LogP) is 4.89. The van der Waals surface area contributed by atoms with E-state index in [-0.39, 0.29) is 23.7 Å². The molecule has 1 amide bonds. The van der Waals surface area contributed by atoms with E-state index in [0.717, 1.165) is 52.8 Å². The van der Waals surface area contributed by atoms with E-state index in [1.165, 1.54) is 0 Å². The molecule has 0 saturated carbocycles. The lowest BCUT2D eigenvalue weighted by atomic mass is 10.0. The van der Waals surface area contributed by atoms with Gasteiger partial charge in [-0.3, -0.25) is 9.59 Å².